The standard InChI is InChI=1S/C17H24N2O2S/c1-3-19(22(2,20)21)13-7-12-18-14-16-10-6-9-15-8-4-5-11-17(15)16/h4-6,8-11,18H,3,7,12-14H2,1-2H3. The van der Waals surface area contributed by atoms with Crippen LogP contribution in [0.15, 0.2) is 42.5 Å². The first-order valence-corrected chi connectivity index (χ1v) is 9.49. The van der Waals surface area contributed by atoms with Crippen LogP contribution >= 0.6 is 0 Å². The second-order valence-electron chi connectivity index (χ2n) is 5.42. The Morgan fingerprint density at radius 3 is 2.55 bits per heavy atom. The summed E-state index contributed by atoms with van der Waals surface area (Å²) in [5.41, 5.74) is 1.27. The SMILES string of the molecule is CCN(CCCNCc1cccc2ccccc12)S(C)(=O)=O. The molecule has 22 heavy (non-hydrogen) atoms. The second kappa shape index (κ2) is 7.72. The van der Waals surface area contributed by atoms with Crippen LogP contribution in [-0.4, -0.2) is 38.6 Å². The third kappa shape index (κ3) is 4.53. The molecule has 4 nitrogen and oxygen atoms in total. The van der Waals surface area contributed by atoms with Crippen LogP contribution in [0.25, 0.3) is 10.8 Å². The molecule has 2 aromatic rings. The topological polar surface area (TPSA) is 49.4 Å². The fraction of sp³-hybridized carbons (Fsp3) is 0.412. The molecule has 0 fully saturated rings. The Morgan fingerprint density at radius 2 is 1.82 bits per heavy atom. The van der Waals surface area contributed by atoms with Crippen molar-refractivity contribution in [2.24, 2.45) is 0 Å². The van der Waals surface area contributed by atoms with Gasteiger partial charge < -0.3 is 5.32 Å². The summed E-state index contributed by atoms with van der Waals surface area (Å²) in [4.78, 5) is 0. The van der Waals surface area contributed by atoms with E-state index in [1.807, 2.05) is 13.0 Å². The molecule has 0 spiro atoms. The summed E-state index contributed by atoms with van der Waals surface area (Å²) < 4.78 is 24.5. The molecule has 2 aromatic carbocycles. The van der Waals surface area contributed by atoms with Gasteiger partial charge in [0.25, 0.3) is 0 Å². The zero-order valence-corrected chi connectivity index (χ0v) is 14.1. The third-order valence-electron chi connectivity index (χ3n) is 3.78. The molecule has 0 aliphatic rings. The van der Waals surface area contributed by atoms with E-state index in [-0.39, 0.29) is 0 Å². The van der Waals surface area contributed by atoms with E-state index in [0.717, 1.165) is 19.5 Å². The predicted octanol–water partition coefficient (Wildman–Crippen LogP) is 2.60. The highest BCUT2D eigenvalue weighted by Crippen LogP contribution is 2.18. The average molecular weight is 320 g/mol. The van der Waals surface area contributed by atoms with Gasteiger partial charge in [-0.3, -0.25) is 0 Å². The van der Waals surface area contributed by atoms with Gasteiger partial charge in [0, 0.05) is 19.6 Å². The summed E-state index contributed by atoms with van der Waals surface area (Å²) in [6, 6.07) is 14.7. The van der Waals surface area contributed by atoms with Gasteiger partial charge in [0.1, 0.15) is 0 Å². The van der Waals surface area contributed by atoms with E-state index in [1.165, 1.54) is 26.9 Å². The molecule has 0 aromatic heterocycles. The summed E-state index contributed by atoms with van der Waals surface area (Å²) in [6.45, 7) is 4.56. The molecule has 0 radical (unpaired) electrons. The number of nitrogens with zero attached hydrogens (tertiary/aromatic N) is 1. The van der Waals surface area contributed by atoms with Crippen LogP contribution in [0.4, 0.5) is 0 Å². The zero-order chi connectivity index (χ0) is 16.0. The van der Waals surface area contributed by atoms with Gasteiger partial charge in [0.05, 0.1) is 6.26 Å². The molecule has 120 valence electrons. The molecule has 0 saturated heterocycles. The van der Waals surface area contributed by atoms with E-state index in [4.69, 9.17) is 0 Å². The Kier molecular flexibility index (Phi) is 5.94. The highest BCUT2D eigenvalue weighted by molar-refractivity contribution is 7.88. The van der Waals surface area contributed by atoms with Crippen molar-refractivity contribution in [2.45, 2.75) is 19.9 Å². The number of nitrogens with one attached hydrogen (secondary N) is 1. The Labute approximate surface area is 133 Å². The van der Waals surface area contributed by atoms with E-state index in [9.17, 15) is 8.42 Å². The van der Waals surface area contributed by atoms with Gasteiger partial charge in [-0.2, -0.15) is 0 Å². The molecular weight excluding hydrogens is 296 g/mol. The smallest absolute Gasteiger partial charge is 0.211 e. The molecule has 0 bridgehead atoms. The van der Waals surface area contributed by atoms with Crippen LogP contribution in [0.5, 0.6) is 0 Å². The summed E-state index contributed by atoms with van der Waals surface area (Å²) in [5, 5.41) is 5.92. The number of sulfonamides is 1. The monoisotopic (exact) mass is 320 g/mol. The molecule has 0 saturated carbocycles. The van der Waals surface area contributed by atoms with Crippen molar-refractivity contribution >= 4 is 20.8 Å². The number of hydrogen-bond donors (Lipinski definition) is 1. The van der Waals surface area contributed by atoms with Crippen molar-refractivity contribution in [3.05, 3.63) is 48.0 Å². The average Bonchev–Trinajstić information content (AvgIpc) is 2.49. The molecule has 0 atom stereocenters. The van der Waals surface area contributed by atoms with Crippen LogP contribution in [0.1, 0.15) is 18.9 Å². The molecule has 0 aliphatic heterocycles. The maximum absolute atomic E-state index is 11.5. The quantitative estimate of drug-likeness (QED) is 0.761. The molecule has 5 heteroatoms. The van der Waals surface area contributed by atoms with Gasteiger partial charge in [0.15, 0.2) is 0 Å². The van der Waals surface area contributed by atoms with Crippen LogP contribution in [0.2, 0.25) is 0 Å². The van der Waals surface area contributed by atoms with E-state index < -0.39 is 10.0 Å². The molecule has 1 N–H and O–H groups in total. The largest absolute Gasteiger partial charge is 0.313 e. The summed E-state index contributed by atoms with van der Waals surface area (Å²) >= 11 is 0. The highest BCUT2D eigenvalue weighted by atomic mass is 32.2. The number of hydrogen-bond acceptors (Lipinski definition) is 3. The number of benzene rings is 2. The zero-order valence-electron chi connectivity index (χ0n) is 13.2. The van der Waals surface area contributed by atoms with Crippen molar-refractivity contribution in [2.75, 3.05) is 25.9 Å². The lowest BCUT2D eigenvalue weighted by Crippen LogP contribution is -2.32. The molecule has 0 amide bonds. The van der Waals surface area contributed by atoms with Crippen LogP contribution in [0.3, 0.4) is 0 Å². The van der Waals surface area contributed by atoms with Crippen molar-refractivity contribution in [3.8, 4) is 0 Å². The molecular formula is C17H24N2O2S. The van der Waals surface area contributed by atoms with E-state index >= 15 is 0 Å². The number of rotatable bonds is 8. The minimum atomic E-state index is -3.08. The molecule has 0 heterocycles. The van der Waals surface area contributed by atoms with E-state index in [2.05, 4.69) is 41.7 Å². The number of fused-ring (bicyclic) bond motifs is 1. The lowest BCUT2D eigenvalue weighted by atomic mass is 10.0. The molecule has 0 unspecified atom stereocenters. The lowest BCUT2D eigenvalue weighted by Gasteiger charge is -2.17. The maximum Gasteiger partial charge on any atom is 0.211 e. The van der Waals surface area contributed by atoms with Crippen molar-refractivity contribution in [1.29, 1.82) is 0 Å². The first-order valence-electron chi connectivity index (χ1n) is 7.65. The minimum absolute atomic E-state index is 0.530. The van der Waals surface area contributed by atoms with Crippen LogP contribution < -0.4 is 5.32 Å². The van der Waals surface area contributed by atoms with Gasteiger partial charge >= 0.3 is 0 Å². The fourth-order valence-corrected chi connectivity index (χ4v) is 3.54. The van der Waals surface area contributed by atoms with Crippen molar-refractivity contribution < 1.29 is 8.42 Å². The first kappa shape index (κ1) is 16.9. The predicted molar refractivity (Wildman–Crippen MR) is 92.4 cm³/mol. The van der Waals surface area contributed by atoms with Gasteiger partial charge in [-0.15, -0.1) is 0 Å². The van der Waals surface area contributed by atoms with E-state index in [0.29, 0.717) is 13.1 Å². The summed E-state index contributed by atoms with van der Waals surface area (Å²) in [7, 11) is -3.08. The van der Waals surface area contributed by atoms with Gasteiger partial charge in [0.2, 0.25) is 10.0 Å². The van der Waals surface area contributed by atoms with Crippen LogP contribution in [0, 0.1) is 0 Å². The molecule has 0 aliphatic carbocycles. The Balaban J connectivity index is 1.84. The Bertz CT molecular complexity index is 708. The maximum atomic E-state index is 11.5. The second-order valence-corrected chi connectivity index (χ2v) is 7.41. The third-order valence-corrected chi connectivity index (χ3v) is 5.16. The van der Waals surface area contributed by atoms with Gasteiger partial charge in [-0.25, -0.2) is 12.7 Å². The van der Waals surface area contributed by atoms with Gasteiger partial charge in [-0.05, 0) is 29.3 Å². The Hall–Kier alpha value is -1.43. The van der Waals surface area contributed by atoms with Crippen molar-refractivity contribution in [1.82, 2.24) is 9.62 Å². The van der Waals surface area contributed by atoms with Gasteiger partial charge in [-0.1, -0.05) is 49.4 Å². The van der Waals surface area contributed by atoms with Crippen LogP contribution in [-0.2, 0) is 16.6 Å². The highest BCUT2D eigenvalue weighted by Gasteiger charge is 2.12. The molecule has 2 rings (SSSR count). The summed E-state index contributed by atoms with van der Waals surface area (Å²) in [5.74, 6) is 0. The lowest BCUT2D eigenvalue weighted by molar-refractivity contribution is 0.419. The van der Waals surface area contributed by atoms with E-state index in [1.54, 1.807) is 0 Å². The normalized spacial score (nSPS) is 12.1. The Morgan fingerprint density at radius 1 is 1.09 bits per heavy atom. The van der Waals surface area contributed by atoms with Crippen molar-refractivity contribution in [3.63, 3.8) is 0 Å². The minimum Gasteiger partial charge on any atom is -0.313 e. The fourth-order valence-electron chi connectivity index (χ4n) is 2.61. The summed E-state index contributed by atoms with van der Waals surface area (Å²) in [6.07, 6.45) is 2.08. The first-order chi connectivity index (χ1) is 10.5.